The molecule has 0 spiro atoms. The van der Waals surface area contributed by atoms with Crippen molar-refractivity contribution in [2.24, 2.45) is 0 Å². The van der Waals surface area contributed by atoms with E-state index >= 15 is 0 Å². The Balaban J connectivity index is 1.54. The molecule has 2 aromatic carbocycles. The van der Waals surface area contributed by atoms with Crippen LogP contribution in [0.4, 0.5) is 0 Å². The van der Waals surface area contributed by atoms with Gasteiger partial charge in [-0.15, -0.1) is 0 Å². The molecule has 2 aromatic heterocycles. The molecule has 1 N–H and O–H groups in total. The average molecular weight is 494 g/mol. The fourth-order valence-corrected chi connectivity index (χ4v) is 4.61. The van der Waals surface area contributed by atoms with Gasteiger partial charge in [0.1, 0.15) is 12.1 Å². The molecular formula is C27H32ClN5O2. The molecule has 0 saturated heterocycles. The molecule has 0 unspecified atom stereocenters. The molecule has 0 aliphatic rings. The molecule has 0 aliphatic heterocycles. The van der Waals surface area contributed by atoms with E-state index in [2.05, 4.69) is 29.3 Å². The smallest absolute Gasteiger partial charge is 0.291 e. The van der Waals surface area contributed by atoms with Gasteiger partial charge in [-0.05, 0) is 56.7 Å². The highest BCUT2D eigenvalue weighted by Gasteiger charge is 2.17. The summed E-state index contributed by atoms with van der Waals surface area (Å²) < 4.78 is 3.24. The molecule has 1 amide bonds. The van der Waals surface area contributed by atoms with E-state index in [1.165, 1.54) is 17.5 Å². The van der Waals surface area contributed by atoms with Crippen LogP contribution in [-0.4, -0.2) is 51.8 Å². The number of unbranched alkanes of at least 4 members (excludes halogenated alkanes) is 1. The fraction of sp³-hybridized carbons (Fsp3) is 0.370. The van der Waals surface area contributed by atoms with Crippen molar-refractivity contribution in [3.05, 3.63) is 75.7 Å². The monoisotopic (exact) mass is 493 g/mol. The van der Waals surface area contributed by atoms with Crippen LogP contribution in [0, 0.1) is 0 Å². The summed E-state index contributed by atoms with van der Waals surface area (Å²) in [4.78, 5) is 28.3. The number of rotatable bonds is 11. The standard InChI is InChI=1S/C27H32ClN5O2/c1-3-4-14-31(2)15-8-13-29-25(34)19-33-27(35)26-23(17-30-33)22-11-5-6-12-24(22)32(26)18-20-9-7-10-21(28)16-20/h5-7,9-12,16-17H,3-4,8,13-15,18-19H2,1-2H3,(H,29,34). The molecule has 0 bridgehead atoms. The molecule has 8 heteroatoms. The summed E-state index contributed by atoms with van der Waals surface area (Å²) >= 11 is 6.19. The number of halogens is 1. The Kier molecular flexibility index (Phi) is 8.21. The zero-order valence-corrected chi connectivity index (χ0v) is 21.1. The van der Waals surface area contributed by atoms with Gasteiger partial charge in [0, 0.05) is 34.4 Å². The number of hydrogen-bond donors (Lipinski definition) is 1. The Hall–Kier alpha value is -3.16. The summed E-state index contributed by atoms with van der Waals surface area (Å²) in [6.45, 7) is 5.11. The molecule has 184 valence electrons. The van der Waals surface area contributed by atoms with Crippen molar-refractivity contribution in [1.82, 2.24) is 24.6 Å². The minimum Gasteiger partial charge on any atom is -0.354 e. The van der Waals surface area contributed by atoms with E-state index in [-0.39, 0.29) is 18.0 Å². The van der Waals surface area contributed by atoms with Gasteiger partial charge in [-0.1, -0.05) is 55.3 Å². The van der Waals surface area contributed by atoms with Crippen molar-refractivity contribution < 1.29 is 4.79 Å². The first-order valence-corrected chi connectivity index (χ1v) is 12.5. The largest absolute Gasteiger partial charge is 0.354 e. The summed E-state index contributed by atoms with van der Waals surface area (Å²) in [6, 6.07) is 15.5. The lowest BCUT2D eigenvalue weighted by molar-refractivity contribution is -0.121. The lowest BCUT2D eigenvalue weighted by atomic mass is 10.2. The number of aromatic nitrogens is 3. The first kappa shape index (κ1) is 24.9. The molecule has 0 atom stereocenters. The van der Waals surface area contributed by atoms with E-state index in [0.29, 0.717) is 23.6 Å². The van der Waals surface area contributed by atoms with Crippen molar-refractivity contribution in [3.8, 4) is 0 Å². The van der Waals surface area contributed by atoms with E-state index < -0.39 is 0 Å². The van der Waals surface area contributed by atoms with Crippen LogP contribution in [0.25, 0.3) is 21.8 Å². The minimum absolute atomic E-state index is 0.112. The van der Waals surface area contributed by atoms with Crippen LogP contribution in [0.5, 0.6) is 0 Å². The predicted octanol–water partition coefficient (Wildman–Crippen LogP) is 4.29. The first-order chi connectivity index (χ1) is 17.0. The Bertz CT molecular complexity index is 1380. The van der Waals surface area contributed by atoms with Gasteiger partial charge >= 0.3 is 0 Å². The molecule has 35 heavy (non-hydrogen) atoms. The predicted molar refractivity (Wildman–Crippen MR) is 142 cm³/mol. The van der Waals surface area contributed by atoms with Crippen molar-refractivity contribution >= 4 is 39.3 Å². The molecule has 0 fully saturated rings. The second-order valence-corrected chi connectivity index (χ2v) is 9.40. The number of para-hydroxylation sites is 1. The first-order valence-electron chi connectivity index (χ1n) is 12.1. The number of amides is 1. The van der Waals surface area contributed by atoms with Gasteiger partial charge in [0.05, 0.1) is 6.20 Å². The summed E-state index contributed by atoms with van der Waals surface area (Å²) in [6.07, 6.45) is 4.89. The lowest BCUT2D eigenvalue weighted by Crippen LogP contribution is -2.35. The van der Waals surface area contributed by atoms with Gasteiger partial charge in [0.2, 0.25) is 5.91 Å². The van der Waals surface area contributed by atoms with E-state index in [4.69, 9.17) is 11.6 Å². The SMILES string of the molecule is CCCCN(C)CCCNC(=O)Cn1ncc2c3ccccc3n(Cc3cccc(Cl)c3)c2c1=O. The third kappa shape index (κ3) is 5.92. The second kappa shape index (κ2) is 11.5. The number of nitrogens with one attached hydrogen (secondary N) is 1. The van der Waals surface area contributed by atoms with Crippen molar-refractivity contribution in [2.45, 2.75) is 39.3 Å². The van der Waals surface area contributed by atoms with Gasteiger partial charge in [0.25, 0.3) is 5.56 Å². The molecule has 0 radical (unpaired) electrons. The maximum absolute atomic E-state index is 13.5. The minimum atomic E-state index is -0.282. The maximum atomic E-state index is 13.5. The quantitative estimate of drug-likeness (QED) is 0.316. The van der Waals surface area contributed by atoms with E-state index in [1.807, 2.05) is 53.1 Å². The highest BCUT2D eigenvalue weighted by Crippen LogP contribution is 2.27. The normalized spacial score (nSPS) is 11.5. The van der Waals surface area contributed by atoms with Crippen LogP contribution >= 0.6 is 11.6 Å². The van der Waals surface area contributed by atoms with Crippen LogP contribution in [0.2, 0.25) is 5.02 Å². The van der Waals surface area contributed by atoms with E-state index in [1.54, 1.807) is 6.20 Å². The van der Waals surface area contributed by atoms with Gasteiger partial charge in [-0.2, -0.15) is 5.10 Å². The summed E-state index contributed by atoms with van der Waals surface area (Å²) in [5.74, 6) is -0.215. The zero-order chi connectivity index (χ0) is 24.8. The molecule has 0 saturated carbocycles. The average Bonchev–Trinajstić information content (AvgIpc) is 3.16. The van der Waals surface area contributed by atoms with Crippen LogP contribution in [0.1, 0.15) is 31.7 Å². The molecule has 4 aromatic rings. The Labute approximate surface area is 210 Å². The Morgan fingerprint density at radius 2 is 1.89 bits per heavy atom. The van der Waals surface area contributed by atoms with E-state index in [0.717, 1.165) is 41.4 Å². The number of benzene rings is 2. The van der Waals surface area contributed by atoms with Crippen molar-refractivity contribution in [3.63, 3.8) is 0 Å². The summed E-state index contributed by atoms with van der Waals surface area (Å²) in [5, 5.41) is 9.62. The number of fused-ring (bicyclic) bond motifs is 3. The number of carbonyl (C=O) groups is 1. The maximum Gasteiger partial charge on any atom is 0.291 e. The zero-order valence-electron chi connectivity index (χ0n) is 20.3. The highest BCUT2D eigenvalue weighted by molar-refractivity contribution is 6.30. The third-order valence-corrected chi connectivity index (χ3v) is 6.46. The fourth-order valence-electron chi connectivity index (χ4n) is 4.40. The van der Waals surface area contributed by atoms with E-state index in [9.17, 15) is 9.59 Å². The molecular weight excluding hydrogens is 462 g/mol. The van der Waals surface area contributed by atoms with Gasteiger partial charge in [-0.3, -0.25) is 9.59 Å². The van der Waals surface area contributed by atoms with Gasteiger partial charge in [0.15, 0.2) is 0 Å². The Morgan fingerprint density at radius 1 is 1.09 bits per heavy atom. The van der Waals surface area contributed by atoms with Crippen LogP contribution < -0.4 is 10.9 Å². The van der Waals surface area contributed by atoms with Crippen molar-refractivity contribution in [2.75, 3.05) is 26.7 Å². The van der Waals surface area contributed by atoms with Crippen molar-refractivity contribution in [1.29, 1.82) is 0 Å². The van der Waals surface area contributed by atoms with Gasteiger partial charge in [-0.25, -0.2) is 4.68 Å². The lowest BCUT2D eigenvalue weighted by Gasteiger charge is -2.16. The van der Waals surface area contributed by atoms with Crippen LogP contribution in [-0.2, 0) is 17.9 Å². The number of nitrogens with zero attached hydrogens (tertiary/aromatic N) is 4. The highest BCUT2D eigenvalue weighted by atomic mass is 35.5. The second-order valence-electron chi connectivity index (χ2n) is 8.96. The topological polar surface area (TPSA) is 72.2 Å². The molecule has 2 heterocycles. The number of hydrogen-bond acceptors (Lipinski definition) is 4. The number of carbonyl (C=O) groups excluding carboxylic acids is 1. The molecule has 0 aliphatic carbocycles. The Morgan fingerprint density at radius 3 is 2.69 bits per heavy atom. The van der Waals surface area contributed by atoms with Crippen LogP contribution in [0.15, 0.2) is 59.5 Å². The van der Waals surface area contributed by atoms with Crippen LogP contribution in [0.3, 0.4) is 0 Å². The van der Waals surface area contributed by atoms with Gasteiger partial charge < -0.3 is 14.8 Å². The summed E-state index contributed by atoms with van der Waals surface area (Å²) in [7, 11) is 2.10. The summed E-state index contributed by atoms with van der Waals surface area (Å²) in [5.41, 5.74) is 2.18. The molecule has 4 rings (SSSR count). The third-order valence-electron chi connectivity index (χ3n) is 6.23. The molecule has 7 nitrogen and oxygen atoms in total.